The van der Waals surface area contributed by atoms with E-state index in [1.54, 1.807) is 10.9 Å². The maximum absolute atomic E-state index is 12.4. The Morgan fingerprint density at radius 1 is 1.00 bits per heavy atom. The van der Waals surface area contributed by atoms with Gasteiger partial charge in [0.25, 0.3) is 5.91 Å². The first kappa shape index (κ1) is 18.9. The van der Waals surface area contributed by atoms with Crippen molar-refractivity contribution >= 4 is 5.91 Å². The van der Waals surface area contributed by atoms with Gasteiger partial charge in [0.05, 0.1) is 5.69 Å². The van der Waals surface area contributed by atoms with Crippen LogP contribution in [0.2, 0.25) is 0 Å². The zero-order chi connectivity index (χ0) is 19.1. The van der Waals surface area contributed by atoms with Crippen LogP contribution in [0.4, 0.5) is 0 Å². The lowest BCUT2D eigenvalue weighted by Gasteiger charge is -2.18. The molecule has 0 aliphatic carbocycles. The zero-order valence-corrected chi connectivity index (χ0v) is 15.9. The van der Waals surface area contributed by atoms with Gasteiger partial charge in [-0.15, -0.1) is 0 Å². The van der Waals surface area contributed by atoms with Gasteiger partial charge >= 0.3 is 0 Å². The second-order valence-electron chi connectivity index (χ2n) is 6.46. The number of hydrogen-bond acceptors (Lipinski definition) is 3. The van der Waals surface area contributed by atoms with E-state index < -0.39 is 0 Å². The normalized spacial score (nSPS) is 10.9. The summed E-state index contributed by atoms with van der Waals surface area (Å²) in [6, 6.07) is 17.7. The highest BCUT2D eigenvalue weighted by Crippen LogP contribution is 2.10. The summed E-state index contributed by atoms with van der Waals surface area (Å²) in [6.45, 7) is 7.93. The molecule has 0 spiro atoms. The predicted octanol–water partition coefficient (Wildman–Crippen LogP) is 3.64. The van der Waals surface area contributed by atoms with Crippen molar-refractivity contribution < 1.29 is 4.79 Å². The number of benzene rings is 2. The molecule has 0 aliphatic rings. The summed E-state index contributed by atoms with van der Waals surface area (Å²) in [7, 11) is 0. The Balaban J connectivity index is 1.54. The second-order valence-corrected chi connectivity index (χ2v) is 6.46. The van der Waals surface area contributed by atoms with Crippen LogP contribution >= 0.6 is 0 Å². The molecule has 3 rings (SSSR count). The molecule has 0 saturated carbocycles. The minimum absolute atomic E-state index is 0.0748. The lowest BCUT2D eigenvalue weighted by molar-refractivity contribution is 0.0951. The number of rotatable bonds is 8. The smallest absolute Gasteiger partial charge is 0.251 e. The minimum Gasteiger partial charge on any atom is -0.348 e. The lowest BCUT2D eigenvalue weighted by atomic mass is 10.1. The van der Waals surface area contributed by atoms with Crippen LogP contribution in [0.5, 0.6) is 0 Å². The van der Waals surface area contributed by atoms with Crippen LogP contribution < -0.4 is 5.32 Å². The van der Waals surface area contributed by atoms with Gasteiger partial charge in [0.1, 0.15) is 0 Å². The Labute approximate surface area is 160 Å². The second kappa shape index (κ2) is 9.14. The molecule has 1 heterocycles. The Hall–Kier alpha value is -2.92. The minimum atomic E-state index is -0.0748. The van der Waals surface area contributed by atoms with Crippen molar-refractivity contribution in [2.75, 3.05) is 13.1 Å². The van der Waals surface area contributed by atoms with Crippen molar-refractivity contribution in [1.82, 2.24) is 20.0 Å². The van der Waals surface area contributed by atoms with Crippen LogP contribution in [0.3, 0.4) is 0 Å². The monoisotopic (exact) mass is 362 g/mol. The molecule has 0 fully saturated rings. The van der Waals surface area contributed by atoms with E-state index in [-0.39, 0.29) is 5.91 Å². The predicted molar refractivity (Wildman–Crippen MR) is 108 cm³/mol. The van der Waals surface area contributed by atoms with Crippen molar-refractivity contribution in [3.05, 3.63) is 83.7 Å². The lowest BCUT2D eigenvalue weighted by Crippen LogP contribution is -2.23. The molecule has 1 aromatic heterocycles. The van der Waals surface area contributed by atoms with E-state index in [1.165, 1.54) is 5.56 Å². The van der Waals surface area contributed by atoms with Gasteiger partial charge in [-0.25, -0.2) is 4.68 Å². The third kappa shape index (κ3) is 5.05. The Kier molecular flexibility index (Phi) is 6.39. The van der Waals surface area contributed by atoms with Gasteiger partial charge < -0.3 is 5.32 Å². The first-order chi connectivity index (χ1) is 13.2. The fraction of sp³-hybridized carbons (Fsp3) is 0.273. The van der Waals surface area contributed by atoms with Crippen molar-refractivity contribution in [2.24, 2.45) is 0 Å². The van der Waals surface area contributed by atoms with Crippen molar-refractivity contribution in [2.45, 2.75) is 26.9 Å². The van der Waals surface area contributed by atoms with E-state index >= 15 is 0 Å². The number of carbonyl (C=O) groups is 1. The molecule has 3 aromatic rings. The van der Waals surface area contributed by atoms with E-state index in [0.29, 0.717) is 12.1 Å². The van der Waals surface area contributed by atoms with Crippen molar-refractivity contribution in [1.29, 1.82) is 0 Å². The standard InChI is InChI=1S/C22H26N4O/c1-3-25(4-2)17-19-8-6-18(7-9-19)16-23-22(27)20-10-12-21(13-11-20)26-15-5-14-24-26/h5-15H,3-4,16-17H2,1-2H3,(H,23,27). The Morgan fingerprint density at radius 3 is 2.26 bits per heavy atom. The van der Waals surface area contributed by atoms with Crippen LogP contribution in [-0.2, 0) is 13.1 Å². The molecule has 0 saturated heterocycles. The molecule has 0 atom stereocenters. The highest BCUT2D eigenvalue weighted by Gasteiger charge is 2.06. The van der Waals surface area contributed by atoms with E-state index in [4.69, 9.17) is 0 Å². The summed E-state index contributed by atoms with van der Waals surface area (Å²) in [5, 5.41) is 7.17. The largest absolute Gasteiger partial charge is 0.348 e. The van der Waals surface area contributed by atoms with Crippen LogP contribution in [0.1, 0.15) is 35.3 Å². The summed E-state index contributed by atoms with van der Waals surface area (Å²) in [5.41, 5.74) is 3.96. The topological polar surface area (TPSA) is 50.2 Å². The van der Waals surface area contributed by atoms with E-state index in [0.717, 1.165) is 30.9 Å². The molecular formula is C22H26N4O. The molecular weight excluding hydrogens is 336 g/mol. The third-order valence-electron chi connectivity index (χ3n) is 4.68. The van der Waals surface area contributed by atoms with Gasteiger partial charge in [-0.3, -0.25) is 9.69 Å². The molecule has 27 heavy (non-hydrogen) atoms. The summed E-state index contributed by atoms with van der Waals surface area (Å²) in [4.78, 5) is 14.7. The van der Waals surface area contributed by atoms with Gasteiger partial charge in [-0.2, -0.15) is 5.10 Å². The van der Waals surface area contributed by atoms with Gasteiger partial charge in [-0.1, -0.05) is 38.1 Å². The van der Waals surface area contributed by atoms with Gasteiger partial charge in [0, 0.05) is 31.0 Å². The summed E-state index contributed by atoms with van der Waals surface area (Å²) < 4.78 is 1.77. The van der Waals surface area contributed by atoms with Gasteiger partial charge in [0.15, 0.2) is 0 Å². The van der Waals surface area contributed by atoms with Crippen molar-refractivity contribution in [3.8, 4) is 5.69 Å². The highest BCUT2D eigenvalue weighted by atomic mass is 16.1. The first-order valence-electron chi connectivity index (χ1n) is 9.38. The molecule has 1 N–H and O–H groups in total. The number of aromatic nitrogens is 2. The fourth-order valence-corrected chi connectivity index (χ4v) is 2.94. The molecule has 0 radical (unpaired) electrons. The summed E-state index contributed by atoms with van der Waals surface area (Å²) >= 11 is 0. The molecule has 1 amide bonds. The van der Waals surface area contributed by atoms with E-state index in [9.17, 15) is 4.79 Å². The quantitative estimate of drug-likeness (QED) is 0.665. The maximum atomic E-state index is 12.4. The molecule has 0 unspecified atom stereocenters. The number of hydrogen-bond donors (Lipinski definition) is 1. The third-order valence-corrected chi connectivity index (χ3v) is 4.68. The average Bonchev–Trinajstić information content (AvgIpc) is 3.26. The molecule has 140 valence electrons. The maximum Gasteiger partial charge on any atom is 0.251 e. The summed E-state index contributed by atoms with van der Waals surface area (Å²) in [6.07, 6.45) is 3.60. The fourth-order valence-electron chi connectivity index (χ4n) is 2.94. The zero-order valence-electron chi connectivity index (χ0n) is 15.9. The number of amides is 1. The highest BCUT2D eigenvalue weighted by molar-refractivity contribution is 5.94. The molecule has 2 aromatic carbocycles. The summed E-state index contributed by atoms with van der Waals surface area (Å²) in [5.74, 6) is -0.0748. The van der Waals surface area contributed by atoms with Crippen molar-refractivity contribution in [3.63, 3.8) is 0 Å². The number of nitrogens with one attached hydrogen (secondary N) is 1. The van der Waals surface area contributed by atoms with Gasteiger partial charge in [-0.05, 0) is 54.5 Å². The molecule has 0 aliphatic heterocycles. The number of nitrogens with zero attached hydrogens (tertiary/aromatic N) is 3. The van der Waals surface area contributed by atoms with Gasteiger partial charge in [0.2, 0.25) is 0 Å². The van der Waals surface area contributed by atoms with Crippen LogP contribution in [0.15, 0.2) is 67.0 Å². The molecule has 0 bridgehead atoms. The first-order valence-corrected chi connectivity index (χ1v) is 9.38. The number of carbonyl (C=O) groups excluding carboxylic acids is 1. The molecule has 5 nitrogen and oxygen atoms in total. The van der Waals surface area contributed by atoms with E-state index in [2.05, 4.69) is 53.4 Å². The van der Waals surface area contributed by atoms with Crippen LogP contribution in [-0.4, -0.2) is 33.7 Å². The van der Waals surface area contributed by atoms with Crippen LogP contribution in [0, 0.1) is 0 Å². The van der Waals surface area contributed by atoms with E-state index in [1.807, 2.05) is 36.5 Å². The van der Waals surface area contributed by atoms with Crippen LogP contribution in [0.25, 0.3) is 5.69 Å². The average molecular weight is 362 g/mol. The molecule has 5 heteroatoms. The SMILES string of the molecule is CCN(CC)Cc1ccc(CNC(=O)c2ccc(-n3cccn3)cc2)cc1. The Bertz CT molecular complexity index is 835. The Morgan fingerprint density at radius 2 is 1.67 bits per heavy atom.